The Kier molecular flexibility index (Phi) is 4.68. The van der Waals surface area contributed by atoms with E-state index in [0.717, 1.165) is 29.3 Å². The first-order valence-electron chi connectivity index (χ1n) is 7.53. The smallest absolute Gasteiger partial charge is 0.329 e. The molecule has 1 aromatic heterocycles. The number of nitrogens with zero attached hydrogens (tertiary/aromatic N) is 1. The van der Waals surface area contributed by atoms with Crippen molar-refractivity contribution in [2.75, 3.05) is 13.2 Å². The summed E-state index contributed by atoms with van der Waals surface area (Å²) in [4.78, 5) is 26.4. The van der Waals surface area contributed by atoms with Crippen LogP contribution in [0.2, 0.25) is 0 Å². The van der Waals surface area contributed by atoms with Gasteiger partial charge in [0, 0.05) is 35.8 Å². The van der Waals surface area contributed by atoms with Gasteiger partial charge in [-0.25, -0.2) is 5.43 Å². The highest BCUT2D eigenvalue weighted by molar-refractivity contribution is 6.35. The molecule has 7 nitrogen and oxygen atoms in total. The van der Waals surface area contributed by atoms with E-state index in [9.17, 15) is 9.59 Å². The van der Waals surface area contributed by atoms with Crippen LogP contribution in [-0.2, 0) is 14.3 Å². The van der Waals surface area contributed by atoms with Gasteiger partial charge in [-0.3, -0.25) is 9.59 Å². The lowest BCUT2D eigenvalue weighted by atomic mass is 10.2. The van der Waals surface area contributed by atoms with E-state index in [1.54, 1.807) is 6.20 Å². The molecule has 0 spiro atoms. The van der Waals surface area contributed by atoms with Gasteiger partial charge >= 0.3 is 11.8 Å². The quantitative estimate of drug-likeness (QED) is 0.445. The predicted octanol–water partition coefficient (Wildman–Crippen LogP) is 0.913. The number of fused-ring (bicyclic) bond motifs is 1. The van der Waals surface area contributed by atoms with Crippen LogP contribution in [0.3, 0.4) is 0 Å². The molecule has 2 aromatic rings. The minimum absolute atomic E-state index is 0.00136. The first-order valence-corrected chi connectivity index (χ1v) is 7.53. The maximum atomic E-state index is 11.7. The second kappa shape index (κ2) is 7.06. The fraction of sp³-hybridized carbons (Fsp3) is 0.312. The third-order valence-electron chi connectivity index (χ3n) is 3.71. The van der Waals surface area contributed by atoms with E-state index in [1.807, 2.05) is 24.3 Å². The van der Waals surface area contributed by atoms with Gasteiger partial charge in [0.25, 0.3) is 0 Å². The summed E-state index contributed by atoms with van der Waals surface area (Å²) in [5, 5.41) is 7.36. The van der Waals surface area contributed by atoms with E-state index in [-0.39, 0.29) is 6.10 Å². The number of hydrazone groups is 1. The second-order valence-electron chi connectivity index (χ2n) is 5.33. The summed E-state index contributed by atoms with van der Waals surface area (Å²) in [6.07, 6.45) is 5.19. The van der Waals surface area contributed by atoms with E-state index in [1.165, 1.54) is 6.21 Å². The molecule has 0 saturated carbocycles. The summed E-state index contributed by atoms with van der Waals surface area (Å²) in [5.74, 6) is -1.50. The third kappa shape index (κ3) is 3.75. The molecule has 0 radical (unpaired) electrons. The number of hydrogen-bond donors (Lipinski definition) is 3. The zero-order chi connectivity index (χ0) is 16.1. The lowest BCUT2D eigenvalue weighted by molar-refractivity contribution is -0.139. The molecule has 1 aromatic carbocycles. The van der Waals surface area contributed by atoms with E-state index >= 15 is 0 Å². The van der Waals surface area contributed by atoms with Crippen LogP contribution in [0.5, 0.6) is 0 Å². The Morgan fingerprint density at radius 3 is 3.04 bits per heavy atom. The van der Waals surface area contributed by atoms with Gasteiger partial charge < -0.3 is 15.0 Å². The Labute approximate surface area is 133 Å². The monoisotopic (exact) mass is 314 g/mol. The predicted molar refractivity (Wildman–Crippen MR) is 86.0 cm³/mol. The molecule has 1 aliphatic heterocycles. The average Bonchev–Trinajstić information content (AvgIpc) is 3.22. The molecule has 1 aliphatic rings. The van der Waals surface area contributed by atoms with Crippen LogP contribution in [0.4, 0.5) is 0 Å². The SMILES string of the molecule is O=C(NC[C@H]1CCCO1)C(=O)N/N=C\c1c[nH]c2ccccc12. The minimum Gasteiger partial charge on any atom is -0.376 e. The number of para-hydroxylation sites is 1. The van der Waals surface area contributed by atoms with Crippen molar-refractivity contribution >= 4 is 28.9 Å². The van der Waals surface area contributed by atoms with Crippen molar-refractivity contribution in [1.82, 2.24) is 15.7 Å². The Hall–Kier alpha value is -2.67. The van der Waals surface area contributed by atoms with Gasteiger partial charge in [-0.05, 0) is 18.9 Å². The first kappa shape index (κ1) is 15.2. The molecule has 7 heteroatoms. The van der Waals surface area contributed by atoms with Crippen LogP contribution in [0.1, 0.15) is 18.4 Å². The maximum Gasteiger partial charge on any atom is 0.329 e. The lowest BCUT2D eigenvalue weighted by Gasteiger charge is -2.09. The molecular formula is C16H18N4O3. The number of amides is 2. The molecule has 1 atom stereocenters. The number of H-pyrrole nitrogens is 1. The Bertz CT molecular complexity index is 732. The molecule has 23 heavy (non-hydrogen) atoms. The zero-order valence-electron chi connectivity index (χ0n) is 12.5. The maximum absolute atomic E-state index is 11.7. The molecule has 1 saturated heterocycles. The summed E-state index contributed by atoms with van der Waals surface area (Å²) in [5.41, 5.74) is 4.04. The van der Waals surface area contributed by atoms with E-state index in [2.05, 4.69) is 20.8 Å². The largest absolute Gasteiger partial charge is 0.376 e. The van der Waals surface area contributed by atoms with E-state index in [0.29, 0.717) is 13.2 Å². The summed E-state index contributed by atoms with van der Waals surface area (Å²) in [6.45, 7) is 1.06. The summed E-state index contributed by atoms with van der Waals surface area (Å²) in [7, 11) is 0. The standard InChI is InChI=1S/C16H18N4O3/c21-15(18-10-12-4-3-7-23-12)16(22)20-19-9-11-8-17-14-6-2-1-5-13(11)14/h1-2,5-6,8-9,12,17H,3-4,7,10H2,(H,18,21)(H,20,22)/b19-9-/t12-/m1/s1. The number of rotatable bonds is 4. The van der Waals surface area contributed by atoms with Gasteiger partial charge in [-0.1, -0.05) is 18.2 Å². The highest BCUT2D eigenvalue weighted by atomic mass is 16.5. The van der Waals surface area contributed by atoms with Gasteiger partial charge in [0.1, 0.15) is 0 Å². The molecule has 2 amide bonds. The molecule has 0 bridgehead atoms. The van der Waals surface area contributed by atoms with Gasteiger partial charge in [-0.2, -0.15) is 5.10 Å². The molecule has 3 N–H and O–H groups in total. The zero-order valence-corrected chi connectivity index (χ0v) is 12.5. The Morgan fingerprint density at radius 1 is 1.35 bits per heavy atom. The molecule has 1 fully saturated rings. The Balaban J connectivity index is 1.50. The van der Waals surface area contributed by atoms with Crippen LogP contribution in [0.25, 0.3) is 10.9 Å². The average molecular weight is 314 g/mol. The number of hydrogen-bond acceptors (Lipinski definition) is 4. The Morgan fingerprint density at radius 2 is 2.22 bits per heavy atom. The van der Waals surface area contributed by atoms with Crippen LogP contribution in [0.15, 0.2) is 35.6 Å². The third-order valence-corrected chi connectivity index (χ3v) is 3.71. The highest BCUT2D eigenvalue weighted by Crippen LogP contribution is 2.15. The second-order valence-corrected chi connectivity index (χ2v) is 5.33. The molecule has 0 unspecified atom stereocenters. The molecule has 0 aliphatic carbocycles. The van der Waals surface area contributed by atoms with Crippen molar-refractivity contribution in [2.45, 2.75) is 18.9 Å². The van der Waals surface area contributed by atoms with Crippen LogP contribution in [-0.4, -0.2) is 42.3 Å². The minimum atomic E-state index is -0.793. The topological polar surface area (TPSA) is 95.6 Å². The van der Waals surface area contributed by atoms with E-state index < -0.39 is 11.8 Å². The fourth-order valence-electron chi connectivity index (χ4n) is 2.50. The number of aromatic nitrogens is 1. The number of nitrogens with one attached hydrogen (secondary N) is 3. The molecule has 120 valence electrons. The van der Waals surface area contributed by atoms with Crippen molar-refractivity contribution in [1.29, 1.82) is 0 Å². The van der Waals surface area contributed by atoms with Crippen LogP contribution in [0, 0.1) is 0 Å². The number of carbonyl (C=O) groups excluding carboxylic acids is 2. The normalized spacial score (nSPS) is 17.7. The van der Waals surface area contributed by atoms with Crippen LogP contribution < -0.4 is 10.7 Å². The van der Waals surface area contributed by atoms with Crippen molar-refractivity contribution < 1.29 is 14.3 Å². The van der Waals surface area contributed by atoms with Crippen molar-refractivity contribution in [3.63, 3.8) is 0 Å². The van der Waals surface area contributed by atoms with Gasteiger partial charge in [0.15, 0.2) is 0 Å². The van der Waals surface area contributed by atoms with E-state index in [4.69, 9.17) is 4.74 Å². The van der Waals surface area contributed by atoms with Crippen molar-refractivity contribution in [3.8, 4) is 0 Å². The lowest BCUT2D eigenvalue weighted by Crippen LogP contribution is -2.41. The van der Waals surface area contributed by atoms with Gasteiger partial charge in [-0.15, -0.1) is 0 Å². The van der Waals surface area contributed by atoms with Gasteiger partial charge in [0.05, 0.1) is 12.3 Å². The molecular weight excluding hydrogens is 296 g/mol. The number of ether oxygens (including phenoxy) is 1. The fourth-order valence-corrected chi connectivity index (χ4v) is 2.50. The highest BCUT2D eigenvalue weighted by Gasteiger charge is 2.18. The van der Waals surface area contributed by atoms with Crippen LogP contribution >= 0.6 is 0 Å². The van der Waals surface area contributed by atoms with Gasteiger partial charge in [0.2, 0.25) is 0 Å². The molecule has 2 heterocycles. The summed E-state index contributed by atoms with van der Waals surface area (Å²) >= 11 is 0. The van der Waals surface area contributed by atoms with Crippen molar-refractivity contribution in [2.24, 2.45) is 5.10 Å². The number of carbonyl (C=O) groups is 2. The van der Waals surface area contributed by atoms with Crippen molar-refractivity contribution in [3.05, 3.63) is 36.0 Å². The molecule has 3 rings (SSSR count). The number of aromatic amines is 1. The first-order chi connectivity index (χ1) is 11.2. The summed E-state index contributed by atoms with van der Waals surface area (Å²) in [6, 6.07) is 7.75. The number of benzene rings is 1. The summed E-state index contributed by atoms with van der Waals surface area (Å²) < 4.78 is 5.37.